The third-order valence-corrected chi connectivity index (χ3v) is 8.97. The number of halogens is 4. The molecule has 1 aromatic carbocycles. The minimum absolute atomic E-state index is 0.0249. The highest BCUT2D eigenvalue weighted by molar-refractivity contribution is 6.31. The topological polar surface area (TPSA) is 80.6 Å². The maximum absolute atomic E-state index is 14.0. The van der Waals surface area contributed by atoms with E-state index in [-0.39, 0.29) is 41.8 Å². The second-order valence-corrected chi connectivity index (χ2v) is 11.9. The molecule has 2 aliphatic heterocycles. The third-order valence-electron chi connectivity index (χ3n) is 8.61. The molecule has 1 saturated carbocycles. The highest BCUT2D eigenvalue weighted by Crippen LogP contribution is 2.43. The molecular formula is C28H35ClF3N5O3. The number of carbonyl (C=O) groups is 2. The summed E-state index contributed by atoms with van der Waals surface area (Å²) in [6.45, 7) is 4.98. The predicted octanol–water partition coefficient (Wildman–Crippen LogP) is 5.19. The standard InChI is InChI=1S/C28H35ClF3N5O3/c1-16-12-24(38)36(13-16)14-22-25-19(10-11-37(22)27(39)18-7-5-4-6-17(18)2)20(29)8-9-23(25)40-15-21-26(28(30,31)32)35(3)34-33-21/h8-9,16-18,22H,4-7,10-15H2,1-3H3/t16-,17+,18-,22-/m1/s1. The van der Waals surface area contributed by atoms with Crippen molar-refractivity contribution in [3.63, 3.8) is 0 Å². The number of carbonyl (C=O) groups excluding carboxylic acids is 2. The van der Waals surface area contributed by atoms with E-state index in [1.54, 1.807) is 17.0 Å². The minimum Gasteiger partial charge on any atom is -0.487 e. The van der Waals surface area contributed by atoms with E-state index in [0.717, 1.165) is 31.2 Å². The van der Waals surface area contributed by atoms with E-state index in [1.807, 2.05) is 11.8 Å². The largest absolute Gasteiger partial charge is 0.487 e. The third kappa shape index (κ3) is 5.53. The Morgan fingerprint density at radius 3 is 2.62 bits per heavy atom. The number of fused-ring (bicyclic) bond motifs is 1. The van der Waals surface area contributed by atoms with Crippen molar-refractivity contribution in [2.24, 2.45) is 24.8 Å². The fourth-order valence-corrected chi connectivity index (χ4v) is 6.86. The van der Waals surface area contributed by atoms with Crippen molar-refractivity contribution < 1.29 is 27.5 Å². The van der Waals surface area contributed by atoms with Gasteiger partial charge < -0.3 is 14.5 Å². The van der Waals surface area contributed by atoms with Gasteiger partial charge in [-0.05, 0) is 48.8 Å². The van der Waals surface area contributed by atoms with E-state index in [1.165, 1.54) is 7.05 Å². The quantitative estimate of drug-likeness (QED) is 0.469. The minimum atomic E-state index is -4.65. The second-order valence-electron chi connectivity index (χ2n) is 11.5. The van der Waals surface area contributed by atoms with E-state index in [4.69, 9.17) is 16.3 Å². The number of ether oxygens (including phenoxy) is 1. The molecular weight excluding hydrogens is 547 g/mol. The lowest BCUT2D eigenvalue weighted by atomic mass is 9.78. The Kier molecular flexibility index (Phi) is 8.05. The van der Waals surface area contributed by atoms with Crippen molar-refractivity contribution in [3.8, 4) is 5.75 Å². The monoisotopic (exact) mass is 581 g/mol. The zero-order chi connectivity index (χ0) is 28.8. The Morgan fingerprint density at radius 2 is 1.95 bits per heavy atom. The first kappa shape index (κ1) is 28.7. The van der Waals surface area contributed by atoms with Crippen LogP contribution in [0, 0.1) is 17.8 Å². The van der Waals surface area contributed by atoms with Gasteiger partial charge in [0.05, 0.1) is 6.04 Å². The Bertz CT molecular complexity index is 1280. The maximum atomic E-state index is 14.0. The van der Waals surface area contributed by atoms with Gasteiger partial charge in [-0.2, -0.15) is 13.2 Å². The predicted molar refractivity (Wildman–Crippen MR) is 141 cm³/mol. The van der Waals surface area contributed by atoms with Gasteiger partial charge in [-0.3, -0.25) is 9.59 Å². The van der Waals surface area contributed by atoms with Crippen LogP contribution in [-0.4, -0.2) is 56.2 Å². The van der Waals surface area contributed by atoms with Gasteiger partial charge in [-0.25, -0.2) is 4.68 Å². The first-order valence-corrected chi connectivity index (χ1v) is 14.3. The van der Waals surface area contributed by atoms with Crippen LogP contribution in [0.1, 0.15) is 74.5 Å². The Hall–Kier alpha value is -2.82. The summed E-state index contributed by atoms with van der Waals surface area (Å²) < 4.78 is 47.6. The van der Waals surface area contributed by atoms with Gasteiger partial charge in [0.25, 0.3) is 0 Å². The number of amides is 2. The van der Waals surface area contributed by atoms with Crippen LogP contribution < -0.4 is 4.74 Å². The normalized spacial score (nSPS) is 25.3. The average molecular weight is 582 g/mol. The summed E-state index contributed by atoms with van der Waals surface area (Å²) in [6.07, 6.45) is 0.197. The number of rotatable bonds is 6. The summed E-state index contributed by atoms with van der Waals surface area (Å²) in [5, 5.41) is 7.72. The Labute approximate surface area is 236 Å². The number of nitrogens with zero attached hydrogens (tertiary/aromatic N) is 5. The lowest BCUT2D eigenvalue weighted by Gasteiger charge is -2.43. The summed E-state index contributed by atoms with van der Waals surface area (Å²) in [6, 6.07) is 2.76. The van der Waals surface area contributed by atoms with Crippen molar-refractivity contribution in [2.45, 2.75) is 71.2 Å². The van der Waals surface area contributed by atoms with E-state index in [0.29, 0.717) is 46.9 Å². The fourth-order valence-electron chi connectivity index (χ4n) is 6.60. The fraction of sp³-hybridized carbons (Fsp3) is 0.643. The molecule has 1 aromatic heterocycles. The molecule has 40 heavy (non-hydrogen) atoms. The summed E-state index contributed by atoms with van der Waals surface area (Å²) >= 11 is 6.64. The molecule has 5 rings (SSSR count). The van der Waals surface area contributed by atoms with Crippen LogP contribution in [0.2, 0.25) is 5.02 Å². The molecule has 1 saturated heterocycles. The van der Waals surface area contributed by atoms with Gasteiger partial charge in [0.1, 0.15) is 18.1 Å². The SMILES string of the molecule is C[C@@H]1CC(=O)N(C[C@@H]2c3c(OCc4nnn(C)c4C(F)(F)F)ccc(Cl)c3CCN2C(=O)[C@@H]2CCCC[C@@H]2C)C1. The molecule has 2 fully saturated rings. The van der Waals surface area contributed by atoms with Gasteiger partial charge in [-0.1, -0.05) is 43.5 Å². The zero-order valence-corrected chi connectivity index (χ0v) is 23.8. The first-order chi connectivity index (χ1) is 19.0. The van der Waals surface area contributed by atoms with Crippen molar-refractivity contribution in [1.82, 2.24) is 24.8 Å². The van der Waals surface area contributed by atoms with E-state index in [2.05, 4.69) is 17.2 Å². The summed E-state index contributed by atoms with van der Waals surface area (Å²) in [5.41, 5.74) is 0.130. The smallest absolute Gasteiger partial charge is 0.435 e. The molecule has 218 valence electrons. The lowest BCUT2D eigenvalue weighted by molar-refractivity contribution is -0.145. The highest BCUT2D eigenvalue weighted by Gasteiger charge is 2.42. The van der Waals surface area contributed by atoms with Gasteiger partial charge in [0.15, 0.2) is 5.69 Å². The first-order valence-electron chi connectivity index (χ1n) is 13.9. The molecule has 8 nitrogen and oxygen atoms in total. The van der Waals surface area contributed by atoms with Crippen molar-refractivity contribution >= 4 is 23.4 Å². The molecule has 3 aliphatic rings. The van der Waals surface area contributed by atoms with Gasteiger partial charge in [0.2, 0.25) is 11.8 Å². The van der Waals surface area contributed by atoms with Crippen LogP contribution in [0.5, 0.6) is 5.75 Å². The number of aromatic nitrogens is 3. The number of aryl methyl sites for hydroxylation is 1. The number of alkyl halides is 3. The van der Waals surface area contributed by atoms with Crippen LogP contribution in [0.25, 0.3) is 0 Å². The van der Waals surface area contributed by atoms with Crippen LogP contribution in [-0.2, 0) is 35.8 Å². The van der Waals surface area contributed by atoms with Gasteiger partial charge in [-0.15, -0.1) is 5.10 Å². The number of likely N-dealkylation sites (tertiary alicyclic amines) is 1. The molecule has 0 radical (unpaired) electrons. The van der Waals surface area contributed by atoms with Gasteiger partial charge in [0, 0.05) is 49.6 Å². The molecule has 0 spiro atoms. The summed E-state index contributed by atoms with van der Waals surface area (Å²) in [5.74, 6) is 0.758. The maximum Gasteiger partial charge on any atom is 0.435 e. The van der Waals surface area contributed by atoms with Crippen molar-refractivity contribution in [2.75, 3.05) is 19.6 Å². The lowest BCUT2D eigenvalue weighted by Crippen LogP contribution is -2.49. The molecule has 0 N–H and O–H groups in total. The van der Waals surface area contributed by atoms with Gasteiger partial charge >= 0.3 is 6.18 Å². The highest BCUT2D eigenvalue weighted by atomic mass is 35.5. The summed E-state index contributed by atoms with van der Waals surface area (Å²) in [7, 11) is 1.18. The number of hydrogen-bond acceptors (Lipinski definition) is 5. The zero-order valence-electron chi connectivity index (χ0n) is 23.0. The van der Waals surface area contributed by atoms with E-state index >= 15 is 0 Å². The molecule has 1 aliphatic carbocycles. The molecule has 2 aromatic rings. The number of benzene rings is 1. The van der Waals surface area contributed by atoms with Crippen LogP contribution in [0.4, 0.5) is 13.2 Å². The van der Waals surface area contributed by atoms with Crippen LogP contribution in [0.3, 0.4) is 0 Å². The van der Waals surface area contributed by atoms with Crippen LogP contribution >= 0.6 is 11.6 Å². The average Bonchev–Trinajstić information content (AvgIpc) is 3.43. The van der Waals surface area contributed by atoms with Crippen molar-refractivity contribution in [1.29, 1.82) is 0 Å². The Balaban J connectivity index is 1.52. The second kappa shape index (κ2) is 11.2. The number of hydrogen-bond donors (Lipinski definition) is 0. The summed E-state index contributed by atoms with van der Waals surface area (Å²) in [4.78, 5) is 30.5. The molecule has 2 amide bonds. The molecule has 0 unspecified atom stereocenters. The molecule has 3 heterocycles. The molecule has 4 atom stereocenters. The van der Waals surface area contributed by atoms with Crippen LogP contribution in [0.15, 0.2) is 12.1 Å². The molecule has 0 bridgehead atoms. The Morgan fingerprint density at radius 1 is 1.20 bits per heavy atom. The molecule has 12 heteroatoms. The van der Waals surface area contributed by atoms with E-state index < -0.39 is 24.5 Å². The van der Waals surface area contributed by atoms with Crippen molar-refractivity contribution in [3.05, 3.63) is 39.7 Å². The van der Waals surface area contributed by atoms with E-state index in [9.17, 15) is 22.8 Å².